The molecule has 1 aliphatic heterocycles. The van der Waals surface area contributed by atoms with Crippen LogP contribution in [-0.2, 0) is 6.54 Å². The summed E-state index contributed by atoms with van der Waals surface area (Å²) in [7, 11) is 0. The Morgan fingerprint density at radius 2 is 2.25 bits per heavy atom. The second kappa shape index (κ2) is 6.45. The molecule has 1 saturated heterocycles. The van der Waals surface area contributed by atoms with Gasteiger partial charge in [-0.2, -0.15) is 5.10 Å². The van der Waals surface area contributed by atoms with Crippen LogP contribution in [0.15, 0.2) is 54.9 Å². The van der Waals surface area contributed by atoms with E-state index in [4.69, 9.17) is 0 Å². The summed E-state index contributed by atoms with van der Waals surface area (Å²) in [6.45, 7) is 2.52. The van der Waals surface area contributed by atoms with Crippen molar-refractivity contribution in [3.8, 4) is 0 Å². The molecule has 1 fully saturated rings. The fourth-order valence-electron chi connectivity index (χ4n) is 3.27. The second-order valence-electron chi connectivity index (χ2n) is 6.20. The highest BCUT2D eigenvalue weighted by Gasteiger charge is 2.17. The van der Waals surface area contributed by atoms with Crippen LogP contribution >= 0.6 is 0 Å². The van der Waals surface area contributed by atoms with Crippen LogP contribution < -0.4 is 10.6 Å². The summed E-state index contributed by atoms with van der Waals surface area (Å²) in [4.78, 5) is 12.5. The van der Waals surface area contributed by atoms with E-state index in [1.807, 2.05) is 47.1 Å². The zero-order valence-corrected chi connectivity index (χ0v) is 13.4. The first-order valence-corrected chi connectivity index (χ1v) is 8.31. The van der Waals surface area contributed by atoms with Crippen molar-refractivity contribution in [1.29, 1.82) is 0 Å². The Kier molecular flexibility index (Phi) is 4.01. The molecule has 0 radical (unpaired) electrons. The van der Waals surface area contributed by atoms with Crippen molar-refractivity contribution in [3.63, 3.8) is 0 Å². The van der Waals surface area contributed by atoms with E-state index in [9.17, 15) is 4.79 Å². The van der Waals surface area contributed by atoms with Crippen molar-refractivity contribution in [2.45, 2.75) is 18.9 Å². The second-order valence-corrected chi connectivity index (χ2v) is 6.20. The van der Waals surface area contributed by atoms with E-state index in [0.717, 1.165) is 36.2 Å². The van der Waals surface area contributed by atoms with Crippen molar-refractivity contribution in [3.05, 3.63) is 71.5 Å². The molecular formula is C19H20N4O. The summed E-state index contributed by atoms with van der Waals surface area (Å²) < 4.78 is 1.81. The summed E-state index contributed by atoms with van der Waals surface area (Å²) in [6, 6.07) is 13.9. The van der Waals surface area contributed by atoms with Crippen molar-refractivity contribution >= 4 is 11.4 Å². The molecule has 3 heterocycles. The maximum atomic E-state index is 12.5. The minimum absolute atomic E-state index is 0.0434. The van der Waals surface area contributed by atoms with Gasteiger partial charge in [0.2, 0.25) is 0 Å². The quantitative estimate of drug-likeness (QED) is 0.776. The van der Waals surface area contributed by atoms with Gasteiger partial charge in [0.25, 0.3) is 5.91 Å². The first-order valence-electron chi connectivity index (χ1n) is 8.31. The lowest BCUT2D eigenvalue weighted by molar-refractivity contribution is 0.0951. The Morgan fingerprint density at radius 3 is 3.12 bits per heavy atom. The number of nitrogens with one attached hydrogen (secondary N) is 2. The van der Waals surface area contributed by atoms with E-state index < -0.39 is 0 Å². The highest BCUT2D eigenvalue weighted by atomic mass is 16.1. The van der Waals surface area contributed by atoms with Crippen LogP contribution in [0.1, 0.15) is 33.8 Å². The van der Waals surface area contributed by atoms with Gasteiger partial charge < -0.3 is 10.6 Å². The normalized spacial score (nSPS) is 17.2. The van der Waals surface area contributed by atoms with Gasteiger partial charge in [0, 0.05) is 30.4 Å². The third kappa shape index (κ3) is 2.90. The molecule has 2 N–H and O–H groups in total. The summed E-state index contributed by atoms with van der Waals surface area (Å²) in [5.74, 6) is 0.468. The smallest absolute Gasteiger partial charge is 0.251 e. The topological polar surface area (TPSA) is 58.4 Å². The van der Waals surface area contributed by atoms with Gasteiger partial charge in [0.1, 0.15) is 0 Å². The average molecular weight is 320 g/mol. The minimum Gasteiger partial charge on any atom is -0.348 e. The lowest BCUT2D eigenvalue weighted by Gasteiger charge is -2.11. The van der Waals surface area contributed by atoms with Crippen LogP contribution in [0.3, 0.4) is 0 Å². The van der Waals surface area contributed by atoms with Crippen molar-refractivity contribution in [2.75, 3.05) is 13.1 Å². The highest BCUT2D eigenvalue weighted by Crippen LogP contribution is 2.23. The molecule has 5 nitrogen and oxygen atoms in total. The van der Waals surface area contributed by atoms with Crippen LogP contribution in [0.4, 0.5) is 0 Å². The molecule has 0 aliphatic carbocycles. The third-order valence-corrected chi connectivity index (χ3v) is 4.63. The highest BCUT2D eigenvalue weighted by molar-refractivity contribution is 5.94. The number of rotatable bonds is 4. The number of aromatic nitrogens is 2. The van der Waals surface area contributed by atoms with Gasteiger partial charge in [-0.25, -0.2) is 4.52 Å². The SMILES string of the molecule is O=C(NCc1cnn2ccccc12)c1cccc(C2CCNC2)c1. The molecule has 5 heteroatoms. The van der Waals surface area contributed by atoms with Crippen LogP contribution in [0.2, 0.25) is 0 Å². The van der Waals surface area contributed by atoms with E-state index in [2.05, 4.69) is 21.8 Å². The van der Waals surface area contributed by atoms with Gasteiger partial charge in [-0.15, -0.1) is 0 Å². The molecule has 1 aromatic carbocycles. The zero-order chi connectivity index (χ0) is 16.4. The fraction of sp³-hybridized carbons (Fsp3) is 0.263. The lowest BCUT2D eigenvalue weighted by atomic mass is 9.96. The van der Waals surface area contributed by atoms with Gasteiger partial charge in [-0.1, -0.05) is 18.2 Å². The van der Waals surface area contributed by atoms with Crippen LogP contribution in [0.25, 0.3) is 5.52 Å². The summed E-state index contributed by atoms with van der Waals surface area (Å²) in [6.07, 6.45) is 4.84. The van der Waals surface area contributed by atoms with Gasteiger partial charge in [-0.3, -0.25) is 4.79 Å². The molecule has 0 spiro atoms. The summed E-state index contributed by atoms with van der Waals surface area (Å²) >= 11 is 0. The summed E-state index contributed by atoms with van der Waals surface area (Å²) in [5, 5.41) is 10.7. The van der Waals surface area contributed by atoms with Crippen LogP contribution in [0, 0.1) is 0 Å². The molecule has 1 amide bonds. The number of hydrogen-bond donors (Lipinski definition) is 2. The minimum atomic E-state index is -0.0434. The van der Waals surface area contributed by atoms with Crippen molar-refractivity contribution in [2.24, 2.45) is 0 Å². The fourth-order valence-corrected chi connectivity index (χ4v) is 3.27. The molecule has 1 atom stereocenters. The number of fused-ring (bicyclic) bond motifs is 1. The standard InChI is InChI=1S/C19H20N4O/c24-19(15-5-3-4-14(10-15)16-7-8-20-11-16)21-12-17-13-22-23-9-2-1-6-18(17)23/h1-6,9-10,13,16,20H,7-8,11-12H2,(H,21,24). The van der Waals surface area contributed by atoms with Crippen molar-refractivity contribution < 1.29 is 4.79 Å². The van der Waals surface area contributed by atoms with E-state index in [-0.39, 0.29) is 5.91 Å². The Balaban J connectivity index is 1.47. The van der Waals surface area contributed by atoms with E-state index in [1.54, 1.807) is 6.20 Å². The van der Waals surface area contributed by atoms with E-state index >= 15 is 0 Å². The van der Waals surface area contributed by atoms with E-state index in [1.165, 1.54) is 5.56 Å². The van der Waals surface area contributed by atoms with Gasteiger partial charge in [0.15, 0.2) is 0 Å². The number of hydrogen-bond acceptors (Lipinski definition) is 3. The number of pyridine rings is 1. The van der Waals surface area contributed by atoms with Crippen LogP contribution in [0.5, 0.6) is 0 Å². The molecule has 2 aromatic heterocycles. The molecule has 122 valence electrons. The Labute approximate surface area is 140 Å². The first kappa shape index (κ1) is 14.9. The predicted octanol–water partition coefficient (Wildman–Crippen LogP) is 2.34. The summed E-state index contributed by atoms with van der Waals surface area (Å²) in [5.41, 5.74) is 3.99. The molecule has 3 aromatic rings. The number of carbonyl (C=O) groups is 1. The van der Waals surface area contributed by atoms with Gasteiger partial charge in [0.05, 0.1) is 11.7 Å². The maximum absolute atomic E-state index is 12.5. The Hall–Kier alpha value is -2.66. The van der Waals surface area contributed by atoms with Gasteiger partial charge in [-0.05, 0) is 48.7 Å². The lowest BCUT2D eigenvalue weighted by Crippen LogP contribution is -2.23. The number of amides is 1. The van der Waals surface area contributed by atoms with Crippen LogP contribution in [-0.4, -0.2) is 28.6 Å². The first-order chi connectivity index (χ1) is 11.8. The third-order valence-electron chi connectivity index (χ3n) is 4.63. The number of benzene rings is 1. The number of carbonyl (C=O) groups excluding carboxylic acids is 1. The van der Waals surface area contributed by atoms with Crippen molar-refractivity contribution in [1.82, 2.24) is 20.2 Å². The molecule has 4 rings (SSSR count). The molecule has 1 aliphatic rings. The maximum Gasteiger partial charge on any atom is 0.251 e. The largest absolute Gasteiger partial charge is 0.348 e. The molecular weight excluding hydrogens is 300 g/mol. The van der Waals surface area contributed by atoms with E-state index in [0.29, 0.717) is 12.5 Å². The molecule has 0 bridgehead atoms. The zero-order valence-electron chi connectivity index (χ0n) is 13.4. The number of nitrogens with zero attached hydrogens (tertiary/aromatic N) is 2. The Morgan fingerprint density at radius 1 is 1.29 bits per heavy atom. The molecule has 1 unspecified atom stereocenters. The monoisotopic (exact) mass is 320 g/mol. The molecule has 0 saturated carbocycles. The average Bonchev–Trinajstić information content (AvgIpc) is 3.30. The Bertz CT molecular complexity index is 864. The molecule has 24 heavy (non-hydrogen) atoms. The van der Waals surface area contributed by atoms with Gasteiger partial charge >= 0.3 is 0 Å². The predicted molar refractivity (Wildman–Crippen MR) is 93.0 cm³/mol.